The van der Waals surface area contributed by atoms with E-state index in [4.69, 9.17) is 14.2 Å². The van der Waals surface area contributed by atoms with Crippen LogP contribution in [-0.2, 0) is 23.8 Å². The third-order valence-corrected chi connectivity index (χ3v) is 4.04. The summed E-state index contributed by atoms with van der Waals surface area (Å²) in [7, 11) is 0. The fourth-order valence-corrected chi connectivity index (χ4v) is 3.19. The van der Waals surface area contributed by atoms with Gasteiger partial charge < -0.3 is 14.2 Å². The molecule has 0 aromatic rings. The molecule has 0 aromatic carbocycles. The zero-order valence-electron chi connectivity index (χ0n) is 14.5. The Kier molecular flexibility index (Phi) is 4.33. The van der Waals surface area contributed by atoms with Crippen molar-refractivity contribution in [3.05, 3.63) is 0 Å². The van der Waals surface area contributed by atoms with Crippen molar-refractivity contribution >= 4 is 11.9 Å². The third kappa shape index (κ3) is 3.29. The topological polar surface area (TPSA) is 61.8 Å². The Balaban J connectivity index is 2.26. The standard InChI is InChI=1S/C17H28O5/c1-15(2,3)21-13(18)17(14(19)22-16(4,5)6)10-11-8-7-9-20-12(11)17/h11-12H,7-10H2,1-6H3/t11-,12-/m1/s1. The second kappa shape index (κ2) is 5.52. The van der Waals surface area contributed by atoms with E-state index in [9.17, 15) is 9.59 Å². The molecule has 0 unspecified atom stereocenters. The van der Waals surface area contributed by atoms with Crippen LogP contribution in [0.15, 0.2) is 0 Å². The Bertz CT molecular complexity index is 427. The van der Waals surface area contributed by atoms with E-state index >= 15 is 0 Å². The molecule has 5 heteroatoms. The van der Waals surface area contributed by atoms with Gasteiger partial charge >= 0.3 is 11.9 Å². The number of rotatable bonds is 2. The van der Waals surface area contributed by atoms with E-state index in [-0.39, 0.29) is 5.92 Å². The van der Waals surface area contributed by atoms with E-state index in [1.165, 1.54) is 0 Å². The molecule has 22 heavy (non-hydrogen) atoms. The van der Waals surface area contributed by atoms with Crippen LogP contribution in [-0.4, -0.2) is 35.9 Å². The Morgan fingerprint density at radius 2 is 1.50 bits per heavy atom. The first-order valence-electron chi connectivity index (χ1n) is 8.04. The van der Waals surface area contributed by atoms with Crippen LogP contribution in [0.5, 0.6) is 0 Å². The molecule has 0 aromatic heterocycles. The lowest BCUT2D eigenvalue weighted by atomic mass is 9.57. The smallest absolute Gasteiger partial charge is 0.326 e. The van der Waals surface area contributed by atoms with Gasteiger partial charge in [-0.05, 0) is 66.7 Å². The molecule has 1 heterocycles. The van der Waals surface area contributed by atoms with Gasteiger partial charge in [0.25, 0.3) is 0 Å². The second-order valence-electron chi connectivity index (χ2n) is 8.37. The lowest BCUT2D eigenvalue weighted by Crippen LogP contribution is -2.66. The molecule has 0 radical (unpaired) electrons. The van der Waals surface area contributed by atoms with Crippen LogP contribution in [0.1, 0.15) is 60.8 Å². The van der Waals surface area contributed by atoms with Crippen LogP contribution in [0.4, 0.5) is 0 Å². The molecule has 2 atom stereocenters. The van der Waals surface area contributed by atoms with Gasteiger partial charge in [-0.3, -0.25) is 9.59 Å². The lowest BCUT2D eigenvalue weighted by molar-refractivity contribution is -0.232. The predicted octanol–water partition coefficient (Wildman–Crippen LogP) is 2.86. The number of hydrogen-bond donors (Lipinski definition) is 0. The fourth-order valence-electron chi connectivity index (χ4n) is 3.19. The minimum Gasteiger partial charge on any atom is -0.459 e. The maximum Gasteiger partial charge on any atom is 0.326 e. The summed E-state index contributed by atoms with van der Waals surface area (Å²) in [6, 6.07) is 0. The van der Waals surface area contributed by atoms with Gasteiger partial charge in [0, 0.05) is 6.61 Å². The highest BCUT2D eigenvalue weighted by Crippen LogP contribution is 2.54. The SMILES string of the molecule is CC(C)(C)OC(=O)C1(C(=O)OC(C)(C)C)C[C@H]2CCCO[C@H]21. The van der Waals surface area contributed by atoms with Crippen molar-refractivity contribution in [1.29, 1.82) is 0 Å². The largest absolute Gasteiger partial charge is 0.459 e. The minimum absolute atomic E-state index is 0.244. The number of hydrogen-bond acceptors (Lipinski definition) is 5. The molecule has 1 aliphatic carbocycles. The summed E-state index contributed by atoms with van der Waals surface area (Å²) in [5.74, 6) is -0.788. The molecule has 1 saturated carbocycles. The number of fused-ring (bicyclic) bond motifs is 1. The number of esters is 2. The average Bonchev–Trinajstić information content (AvgIpc) is 2.26. The molecular weight excluding hydrogens is 284 g/mol. The molecule has 126 valence electrons. The van der Waals surface area contributed by atoms with Crippen LogP contribution in [0.3, 0.4) is 0 Å². The maximum absolute atomic E-state index is 12.7. The molecule has 1 aliphatic heterocycles. The van der Waals surface area contributed by atoms with Crippen LogP contribution in [0.25, 0.3) is 0 Å². The van der Waals surface area contributed by atoms with E-state index in [1.54, 1.807) is 41.5 Å². The van der Waals surface area contributed by atoms with Crippen molar-refractivity contribution in [3.63, 3.8) is 0 Å². The number of ether oxygens (including phenoxy) is 3. The van der Waals surface area contributed by atoms with E-state index in [0.717, 1.165) is 12.8 Å². The molecule has 1 saturated heterocycles. The summed E-state index contributed by atoms with van der Waals surface area (Å²) in [6.45, 7) is 11.4. The van der Waals surface area contributed by atoms with Crippen LogP contribution >= 0.6 is 0 Å². The quantitative estimate of drug-likeness (QED) is 0.579. The summed E-state index contributed by atoms with van der Waals surface area (Å²) >= 11 is 0. The highest BCUT2D eigenvalue weighted by Gasteiger charge is 2.68. The van der Waals surface area contributed by atoms with Crippen molar-refractivity contribution in [3.8, 4) is 0 Å². The Morgan fingerprint density at radius 3 is 1.91 bits per heavy atom. The molecule has 0 spiro atoms. The highest BCUT2D eigenvalue weighted by molar-refractivity contribution is 6.02. The molecule has 2 rings (SSSR count). The first-order chi connectivity index (χ1) is 9.96. The molecule has 5 nitrogen and oxygen atoms in total. The van der Waals surface area contributed by atoms with Crippen molar-refractivity contribution < 1.29 is 23.8 Å². The molecule has 2 aliphatic rings. The summed E-state index contributed by atoms with van der Waals surface area (Å²) in [6.07, 6.45) is 2.00. The first kappa shape index (κ1) is 17.3. The monoisotopic (exact) mass is 312 g/mol. The normalized spacial score (nSPS) is 27.4. The molecule has 0 bridgehead atoms. The molecule has 0 N–H and O–H groups in total. The maximum atomic E-state index is 12.7. The van der Waals surface area contributed by atoms with Gasteiger partial charge in [-0.15, -0.1) is 0 Å². The van der Waals surface area contributed by atoms with Crippen LogP contribution in [0, 0.1) is 11.3 Å². The van der Waals surface area contributed by atoms with Crippen molar-refractivity contribution in [1.82, 2.24) is 0 Å². The van der Waals surface area contributed by atoms with Gasteiger partial charge in [-0.2, -0.15) is 0 Å². The van der Waals surface area contributed by atoms with Gasteiger partial charge in [-0.1, -0.05) is 0 Å². The van der Waals surface area contributed by atoms with Gasteiger partial charge in [0.2, 0.25) is 0 Å². The summed E-state index contributed by atoms with van der Waals surface area (Å²) < 4.78 is 16.8. The Morgan fingerprint density at radius 1 is 1.00 bits per heavy atom. The van der Waals surface area contributed by atoms with E-state index in [0.29, 0.717) is 13.0 Å². The second-order valence-corrected chi connectivity index (χ2v) is 8.37. The minimum atomic E-state index is -1.30. The van der Waals surface area contributed by atoms with E-state index < -0.39 is 34.7 Å². The third-order valence-electron chi connectivity index (χ3n) is 4.04. The number of carbonyl (C=O) groups is 2. The Labute approximate surface area is 132 Å². The first-order valence-corrected chi connectivity index (χ1v) is 8.04. The Hall–Kier alpha value is -1.10. The lowest BCUT2D eigenvalue weighted by Gasteiger charge is -2.53. The fraction of sp³-hybridized carbons (Fsp3) is 0.882. The summed E-state index contributed by atoms with van der Waals surface area (Å²) in [5, 5.41) is 0. The predicted molar refractivity (Wildman–Crippen MR) is 81.2 cm³/mol. The zero-order valence-corrected chi connectivity index (χ0v) is 14.5. The number of carbonyl (C=O) groups excluding carboxylic acids is 2. The van der Waals surface area contributed by atoms with E-state index in [2.05, 4.69) is 0 Å². The average molecular weight is 312 g/mol. The molecular formula is C17H28O5. The van der Waals surface area contributed by atoms with Gasteiger partial charge in [0.15, 0.2) is 5.41 Å². The molecule has 2 fully saturated rings. The highest BCUT2D eigenvalue weighted by atomic mass is 16.6. The van der Waals surface area contributed by atoms with Crippen molar-refractivity contribution in [2.75, 3.05) is 6.61 Å². The van der Waals surface area contributed by atoms with E-state index in [1.807, 2.05) is 0 Å². The summed E-state index contributed by atoms with van der Waals surface area (Å²) in [4.78, 5) is 25.5. The zero-order chi connectivity index (χ0) is 16.8. The van der Waals surface area contributed by atoms with Gasteiger partial charge in [-0.25, -0.2) is 0 Å². The molecule has 0 amide bonds. The van der Waals surface area contributed by atoms with Gasteiger partial charge in [0.05, 0.1) is 6.10 Å². The summed E-state index contributed by atoms with van der Waals surface area (Å²) in [5.41, 5.74) is -2.59. The van der Waals surface area contributed by atoms with Crippen molar-refractivity contribution in [2.45, 2.75) is 78.1 Å². The van der Waals surface area contributed by atoms with Crippen molar-refractivity contribution in [2.24, 2.45) is 11.3 Å². The van der Waals surface area contributed by atoms with Crippen LogP contribution in [0.2, 0.25) is 0 Å². The van der Waals surface area contributed by atoms with Crippen LogP contribution < -0.4 is 0 Å². The van der Waals surface area contributed by atoms with Gasteiger partial charge in [0.1, 0.15) is 11.2 Å².